The van der Waals surface area contributed by atoms with E-state index < -0.39 is 0 Å². The molecule has 1 amide bonds. The van der Waals surface area contributed by atoms with Gasteiger partial charge in [0.1, 0.15) is 23.7 Å². The van der Waals surface area contributed by atoms with Gasteiger partial charge in [0.05, 0.1) is 12.1 Å². The maximum Gasteiger partial charge on any atom is 0.254 e. The van der Waals surface area contributed by atoms with E-state index in [1.165, 1.54) is 0 Å². The van der Waals surface area contributed by atoms with Crippen molar-refractivity contribution in [1.82, 2.24) is 4.90 Å². The lowest BCUT2D eigenvalue weighted by atomic mass is 10.1. The van der Waals surface area contributed by atoms with Crippen LogP contribution in [0.1, 0.15) is 41.9 Å². The van der Waals surface area contributed by atoms with Crippen LogP contribution in [-0.2, 0) is 4.74 Å². The van der Waals surface area contributed by atoms with E-state index in [0.717, 1.165) is 41.9 Å². The zero-order valence-electron chi connectivity index (χ0n) is 16.3. The molecule has 28 heavy (non-hydrogen) atoms. The Labute approximate surface area is 164 Å². The zero-order valence-corrected chi connectivity index (χ0v) is 16.3. The molecular formula is C23H25NO4. The minimum atomic E-state index is -0.171. The Bertz CT molecular complexity index is 908. The Morgan fingerprint density at radius 1 is 1.21 bits per heavy atom. The predicted octanol–water partition coefficient (Wildman–Crippen LogP) is 4.82. The van der Waals surface area contributed by atoms with E-state index in [1.54, 1.807) is 24.1 Å². The second-order valence-electron chi connectivity index (χ2n) is 7.25. The molecule has 4 rings (SSSR count). The van der Waals surface area contributed by atoms with Gasteiger partial charge in [0.15, 0.2) is 0 Å². The third-order valence-electron chi connectivity index (χ3n) is 5.32. The van der Waals surface area contributed by atoms with E-state index in [-0.39, 0.29) is 18.1 Å². The van der Waals surface area contributed by atoms with Crippen LogP contribution in [0.3, 0.4) is 0 Å². The van der Waals surface area contributed by atoms with Crippen LogP contribution < -0.4 is 4.74 Å². The van der Waals surface area contributed by atoms with Crippen molar-refractivity contribution >= 4 is 16.9 Å². The molecular weight excluding hydrogens is 354 g/mol. The van der Waals surface area contributed by atoms with Crippen molar-refractivity contribution in [3.63, 3.8) is 0 Å². The van der Waals surface area contributed by atoms with E-state index >= 15 is 0 Å². The fraction of sp³-hybridized carbons (Fsp3) is 0.348. The van der Waals surface area contributed by atoms with E-state index in [9.17, 15) is 4.79 Å². The molecule has 5 nitrogen and oxygen atoms in total. The minimum Gasteiger partial charge on any atom is -0.491 e. The molecule has 0 saturated carbocycles. The van der Waals surface area contributed by atoms with Gasteiger partial charge in [-0.25, -0.2) is 0 Å². The van der Waals surface area contributed by atoms with Crippen LogP contribution in [0.15, 0.2) is 59.0 Å². The standard InChI is InChI=1S/C23H25NO4/c1-16(22-14-18-6-3-4-8-21(18)28-22)24(2)23(25)17-9-11-19(12-10-17)27-15-20-7-5-13-26-20/h3-4,6,8-12,14,16,20H,5,7,13,15H2,1-2H3. The highest BCUT2D eigenvalue weighted by atomic mass is 16.5. The Morgan fingerprint density at radius 2 is 2.00 bits per heavy atom. The van der Waals surface area contributed by atoms with Gasteiger partial charge in [-0.1, -0.05) is 18.2 Å². The second-order valence-corrected chi connectivity index (χ2v) is 7.25. The van der Waals surface area contributed by atoms with E-state index in [1.807, 2.05) is 49.4 Å². The van der Waals surface area contributed by atoms with Crippen molar-refractivity contribution in [3.8, 4) is 5.75 Å². The molecule has 2 aromatic carbocycles. The summed E-state index contributed by atoms with van der Waals surface area (Å²) >= 11 is 0. The molecule has 1 aromatic heterocycles. The molecule has 0 radical (unpaired) electrons. The first-order valence-electron chi connectivity index (χ1n) is 9.72. The van der Waals surface area contributed by atoms with Crippen LogP contribution in [0.4, 0.5) is 0 Å². The van der Waals surface area contributed by atoms with Crippen LogP contribution in [0.5, 0.6) is 5.75 Å². The summed E-state index contributed by atoms with van der Waals surface area (Å²) in [6, 6.07) is 16.9. The van der Waals surface area contributed by atoms with Crippen LogP contribution in [-0.4, -0.2) is 37.2 Å². The molecule has 0 spiro atoms. The average Bonchev–Trinajstić information content (AvgIpc) is 3.40. The third kappa shape index (κ3) is 3.90. The van der Waals surface area contributed by atoms with Gasteiger partial charge >= 0.3 is 0 Å². The molecule has 5 heteroatoms. The summed E-state index contributed by atoms with van der Waals surface area (Å²) in [6.45, 7) is 3.34. The van der Waals surface area contributed by atoms with Crippen molar-refractivity contribution in [2.45, 2.75) is 31.9 Å². The number of carbonyl (C=O) groups is 1. The van der Waals surface area contributed by atoms with E-state index in [4.69, 9.17) is 13.9 Å². The summed E-state index contributed by atoms with van der Waals surface area (Å²) in [5.41, 5.74) is 1.45. The molecule has 2 heterocycles. The van der Waals surface area contributed by atoms with Crippen molar-refractivity contribution < 1.29 is 18.7 Å². The number of nitrogens with zero attached hydrogens (tertiary/aromatic N) is 1. The quantitative estimate of drug-likeness (QED) is 0.616. The molecule has 1 aliphatic heterocycles. The van der Waals surface area contributed by atoms with Gasteiger partial charge in [0, 0.05) is 24.6 Å². The second kappa shape index (κ2) is 8.07. The third-order valence-corrected chi connectivity index (χ3v) is 5.32. The van der Waals surface area contributed by atoms with Crippen LogP contribution in [0, 0.1) is 0 Å². The van der Waals surface area contributed by atoms with E-state index in [0.29, 0.717) is 12.2 Å². The van der Waals surface area contributed by atoms with Gasteiger partial charge in [-0.05, 0) is 56.2 Å². The predicted molar refractivity (Wildman–Crippen MR) is 108 cm³/mol. The Hall–Kier alpha value is -2.79. The van der Waals surface area contributed by atoms with Gasteiger partial charge in [0.2, 0.25) is 0 Å². The highest BCUT2D eigenvalue weighted by Gasteiger charge is 2.22. The molecule has 0 N–H and O–H groups in total. The van der Waals surface area contributed by atoms with Crippen LogP contribution >= 0.6 is 0 Å². The van der Waals surface area contributed by atoms with Crippen molar-refractivity contribution in [1.29, 1.82) is 0 Å². The first-order valence-corrected chi connectivity index (χ1v) is 9.72. The van der Waals surface area contributed by atoms with Crippen LogP contribution in [0.2, 0.25) is 0 Å². The topological polar surface area (TPSA) is 51.9 Å². The number of benzene rings is 2. The molecule has 2 atom stereocenters. The number of ether oxygens (including phenoxy) is 2. The fourth-order valence-electron chi connectivity index (χ4n) is 3.44. The minimum absolute atomic E-state index is 0.0568. The van der Waals surface area contributed by atoms with E-state index in [2.05, 4.69) is 0 Å². The normalized spacial score (nSPS) is 17.6. The molecule has 1 fully saturated rings. The molecule has 0 aliphatic carbocycles. The molecule has 2 unspecified atom stereocenters. The molecule has 1 aliphatic rings. The first kappa shape index (κ1) is 18.6. The van der Waals surface area contributed by atoms with Gasteiger partial charge in [-0.15, -0.1) is 0 Å². The van der Waals surface area contributed by atoms with Crippen LogP contribution in [0.25, 0.3) is 11.0 Å². The number of hydrogen-bond acceptors (Lipinski definition) is 4. The molecule has 1 saturated heterocycles. The smallest absolute Gasteiger partial charge is 0.254 e. The first-order chi connectivity index (χ1) is 13.6. The van der Waals surface area contributed by atoms with Gasteiger partial charge in [0.25, 0.3) is 5.91 Å². The maximum absolute atomic E-state index is 12.9. The monoisotopic (exact) mass is 379 g/mol. The Morgan fingerprint density at radius 3 is 2.71 bits per heavy atom. The summed E-state index contributed by atoms with van der Waals surface area (Å²) < 4.78 is 17.2. The highest BCUT2D eigenvalue weighted by Crippen LogP contribution is 2.28. The number of rotatable bonds is 6. The summed E-state index contributed by atoms with van der Waals surface area (Å²) in [5, 5.41) is 1.04. The lowest BCUT2D eigenvalue weighted by molar-refractivity contribution is 0.0678. The van der Waals surface area contributed by atoms with Gasteiger partial charge < -0.3 is 18.8 Å². The SMILES string of the molecule is CC(c1cc2ccccc2o1)N(C)C(=O)c1ccc(OCC2CCCO2)cc1. The summed E-state index contributed by atoms with van der Waals surface area (Å²) in [5.74, 6) is 1.47. The Kier molecular flexibility index (Phi) is 5.35. The number of amides is 1. The number of carbonyl (C=O) groups excluding carboxylic acids is 1. The molecule has 146 valence electrons. The van der Waals surface area contributed by atoms with Crippen molar-refractivity contribution in [2.75, 3.05) is 20.3 Å². The number of para-hydroxylation sites is 1. The number of furan rings is 1. The average molecular weight is 379 g/mol. The lowest BCUT2D eigenvalue weighted by Gasteiger charge is -2.23. The summed E-state index contributed by atoms with van der Waals surface area (Å²) in [7, 11) is 1.79. The molecule has 3 aromatic rings. The van der Waals surface area contributed by atoms with Crippen molar-refractivity contribution in [3.05, 3.63) is 65.9 Å². The summed E-state index contributed by atoms with van der Waals surface area (Å²) in [6.07, 6.45) is 2.32. The fourth-order valence-corrected chi connectivity index (χ4v) is 3.44. The Balaban J connectivity index is 1.40. The number of fused-ring (bicyclic) bond motifs is 1. The highest BCUT2D eigenvalue weighted by molar-refractivity contribution is 5.94. The molecule has 0 bridgehead atoms. The lowest BCUT2D eigenvalue weighted by Crippen LogP contribution is -2.29. The van der Waals surface area contributed by atoms with Gasteiger partial charge in [-0.3, -0.25) is 4.79 Å². The van der Waals surface area contributed by atoms with Crippen molar-refractivity contribution in [2.24, 2.45) is 0 Å². The maximum atomic E-state index is 12.9. The number of hydrogen-bond donors (Lipinski definition) is 0. The van der Waals surface area contributed by atoms with Gasteiger partial charge in [-0.2, -0.15) is 0 Å². The summed E-state index contributed by atoms with van der Waals surface area (Å²) in [4.78, 5) is 14.6. The zero-order chi connectivity index (χ0) is 19.5. The largest absolute Gasteiger partial charge is 0.491 e.